The van der Waals surface area contributed by atoms with E-state index in [-0.39, 0.29) is 18.4 Å². The Balaban J connectivity index is 1.57. The summed E-state index contributed by atoms with van der Waals surface area (Å²) in [7, 11) is 0. The van der Waals surface area contributed by atoms with Crippen LogP contribution in [0.15, 0.2) is 11.4 Å². The topological polar surface area (TPSA) is 62.6 Å². The Morgan fingerprint density at radius 2 is 2.14 bits per heavy atom. The number of likely N-dealkylation sites (N-methyl/N-ethyl adjacent to an activating group) is 1. The van der Waals surface area contributed by atoms with Crippen LogP contribution in [-0.2, 0) is 16.0 Å². The summed E-state index contributed by atoms with van der Waals surface area (Å²) in [4.78, 5) is 26.4. The smallest absolute Gasteiger partial charge is 0.275 e. The highest BCUT2D eigenvalue weighted by Crippen LogP contribution is 2.42. The number of fused-ring (bicyclic) bond motifs is 1. The minimum Gasteiger partial charge on any atom is -0.355 e. The molecule has 2 aliphatic rings. The summed E-state index contributed by atoms with van der Waals surface area (Å²) < 4.78 is 0. The van der Waals surface area contributed by atoms with E-state index in [0.29, 0.717) is 19.1 Å². The SMILES string of the molecule is CCNC(=O)CNC(=O)C[NH+]1CCc2sccc2[C@H]1C1CC1. The molecule has 120 valence electrons. The lowest BCUT2D eigenvalue weighted by Crippen LogP contribution is -3.14. The van der Waals surface area contributed by atoms with Crippen LogP contribution in [0.25, 0.3) is 0 Å². The lowest BCUT2D eigenvalue weighted by Gasteiger charge is -2.32. The Bertz CT molecular complexity index is 553. The molecular weight excluding hydrogens is 298 g/mol. The fourth-order valence-electron chi connectivity index (χ4n) is 3.40. The number of carbonyl (C=O) groups is 2. The van der Waals surface area contributed by atoms with Gasteiger partial charge in [0.15, 0.2) is 6.54 Å². The average Bonchev–Trinajstić information content (AvgIpc) is 3.22. The van der Waals surface area contributed by atoms with E-state index in [2.05, 4.69) is 22.1 Å². The van der Waals surface area contributed by atoms with Gasteiger partial charge >= 0.3 is 0 Å². The summed E-state index contributed by atoms with van der Waals surface area (Å²) in [5.41, 5.74) is 1.46. The van der Waals surface area contributed by atoms with E-state index in [1.807, 2.05) is 18.3 Å². The second-order valence-corrected chi connectivity index (χ2v) is 7.18. The highest BCUT2D eigenvalue weighted by Gasteiger charge is 2.43. The quantitative estimate of drug-likeness (QED) is 0.684. The van der Waals surface area contributed by atoms with E-state index in [1.165, 1.54) is 28.2 Å². The normalized spacial score (nSPS) is 23.7. The Kier molecular flexibility index (Phi) is 4.78. The first-order valence-electron chi connectivity index (χ1n) is 8.13. The van der Waals surface area contributed by atoms with Crippen molar-refractivity contribution in [2.45, 2.75) is 32.2 Å². The monoisotopic (exact) mass is 322 g/mol. The summed E-state index contributed by atoms with van der Waals surface area (Å²) in [6, 6.07) is 2.72. The third kappa shape index (κ3) is 3.50. The van der Waals surface area contributed by atoms with Crippen molar-refractivity contribution in [3.05, 3.63) is 21.9 Å². The molecule has 3 rings (SSSR count). The van der Waals surface area contributed by atoms with Crippen LogP contribution in [-0.4, -0.2) is 38.0 Å². The maximum Gasteiger partial charge on any atom is 0.275 e. The van der Waals surface area contributed by atoms with Crippen LogP contribution in [0.2, 0.25) is 0 Å². The van der Waals surface area contributed by atoms with E-state index in [1.54, 1.807) is 0 Å². The second-order valence-electron chi connectivity index (χ2n) is 6.18. The van der Waals surface area contributed by atoms with Crippen molar-refractivity contribution < 1.29 is 14.5 Å². The fourth-order valence-corrected chi connectivity index (χ4v) is 4.33. The highest BCUT2D eigenvalue weighted by molar-refractivity contribution is 7.10. The van der Waals surface area contributed by atoms with Crippen molar-refractivity contribution in [1.82, 2.24) is 10.6 Å². The first-order chi connectivity index (χ1) is 10.7. The van der Waals surface area contributed by atoms with E-state index >= 15 is 0 Å². The molecule has 1 fully saturated rings. The maximum atomic E-state index is 12.1. The molecule has 0 saturated heterocycles. The minimum absolute atomic E-state index is 0.0226. The minimum atomic E-state index is -0.122. The molecule has 5 nitrogen and oxygen atoms in total. The van der Waals surface area contributed by atoms with Crippen molar-refractivity contribution in [1.29, 1.82) is 0 Å². The lowest BCUT2D eigenvalue weighted by molar-refractivity contribution is -0.928. The number of rotatable bonds is 6. The predicted octanol–water partition coefficient (Wildman–Crippen LogP) is -0.107. The Morgan fingerprint density at radius 3 is 2.86 bits per heavy atom. The fraction of sp³-hybridized carbons (Fsp3) is 0.625. The Labute approximate surface area is 135 Å². The molecule has 0 bridgehead atoms. The van der Waals surface area contributed by atoms with Gasteiger partial charge in [-0.2, -0.15) is 0 Å². The van der Waals surface area contributed by atoms with Crippen LogP contribution in [0.1, 0.15) is 36.2 Å². The molecule has 6 heteroatoms. The molecule has 2 amide bonds. The van der Waals surface area contributed by atoms with Crippen molar-refractivity contribution in [2.24, 2.45) is 5.92 Å². The zero-order chi connectivity index (χ0) is 15.5. The molecule has 1 aromatic rings. The summed E-state index contributed by atoms with van der Waals surface area (Å²) >= 11 is 1.85. The Hall–Kier alpha value is -1.40. The van der Waals surface area contributed by atoms with Crippen molar-refractivity contribution >= 4 is 23.2 Å². The van der Waals surface area contributed by atoms with Crippen LogP contribution in [0.3, 0.4) is 0 Å². The largest absolute Gasteiger partial charge is 0.355 e. The predicted molar refractivity (Wildman–Crippen MR) is 85.9 cm³/mol. The standard InChI is InChI=1S/C16H23N3O2S/c1-2-17-14(20)9-18-15(21)10-19-7-5-13-12(6-8-22-13)16(19)11-3-4-11/h6,8,11,16H,2-5,7,9-10H2,1H3,(H,17,20)(H,18,21)/p+1/t16-/m1/s1. The molecule has 1 saturated carbocycles. The van der Waals surface area contributed by atoms with Crippen molar-refractivity contribution in [3.8, 4) is 0 Å². The van der Waals surface area contributed by atoms with Gasteiger partial charge in [-0.05, 0) is 31.2 Å². The van der Waals surface area contributed by atoms with Gasteiger partial charge in [-0.1, -0.05) is 0 Å². The van der Waals surface area contributed by atoms with Gasteiger partial charge in [-0.15, -0.1) is 11.3 Å². The third-order valence-electron chi connectivity index (χ3n) is 4.53. The van der Waals surface area contributed by atoms with Gasteiger partial charge in [0.05, 0.1) is 13.1 Å². The van der Waals surface area contributed by atoms with Gasteiger partial charge in [0.2, 0.25) is 5.91 Å². The molecule has 2 atom stereocenters. The molecule has 1 aliphatic heterocycles. The molecule has 0 spiro atoms. The second kappa shape index (κ2) is 6.79. The van der Waals surface area contributed by atoms with Gasteiger partial charge in [0, 0.05) is 29.3 Å². The van der Waals surface area contributed by atoms with Gasteiger partial charge in [0.25, 0.3) is 5.91 Å². The molecule has 2 heterocycles. The van der Waals surface area contributed by atoms with Crippen molar-refractivity contribution in [3.63, 3.8) is 0 Å². The lowest BCUT2D eigenvalue weighted by atomic mass is 9.96. The van der Waals surface area contributed by atoms with Crippen LogP contribution in [0, 0.1) is 5.92 Å². The molecule has 1 aromatic heterocycles. The zero-order valence-electron chi connectivity index (χ0n) is 13.0. The van der Waals surface area contributed by atoms with Crippen LogP contribution < -0.4 is 15.5 Å². The van der Waals surface area contributed by atoms with Crippen LogP contribution >= 0.6 is 11.3 Å². The summed E-state index contributed by atoms with van der Waals surface area (Å²) in [5.74, 6) is 0.591. The van der Waals surface area contributed by atoms with E-state index in [0.717, 1.165) is 18.9 Å². The van der Waals surface area contributed by atoms with E-state index in [9.17, 15) is 9.59 Å². The number of amides is 2. The molecule has 1 unspecified atom stereocenters. The summed E-state index contributed by atoms with van der Waals surface area (Å²) in [5, 5.41) is 7.61. The molecule has 22 heavy (non-hydrogen) atoms. The number of hydrogen-bond acceptors (Lipinski definition) is 3. The van der Waals surface area contributed by atoms with E-state index < -0.39 is 0 Å². The molecular formula is C16H24N3O2S+. The van der Waals surface area contributed by atoms with E-state index in [4.69, 9.17) is 0 Å². The number of hydrogen-bond donors (Lipinski definition) is 3. The molecule has 0 radical (unpaired) electrons. The van der Waals surface area contributed by atoms with Gasteiger partial charge < -0.3 is 15.5 Å². The summed E-state index contributed by atoms with van der Waals surface area (Å²) in [6.45, 7) is 4.03. The highest BCUT2D eigenvalue weighted by atomic mass is 32.1. The Morgan fingerprint density at radius 1 is 1.32 bits per heavy atom. The van der Waals surface area contributed by atoms with Gasteiger partial charge in [-0.3, -0.25) is 9.59 Å². The van der Waals surface area contributed by atoms with Crippen LogP contribution in [0.4, 0.5) is 0 Å². The first-order valence-corrected chi connectivity index (χ1v) is 9.01. The maximum absolute atomic E-state index is 12.1. The van der Waals surface area contributed by atoms with Crippen LogP contribution in [0.5, 0.6) is 0 Å². The summed E-state index contributed by atoms with van der Waals surface area (Å²) in [6.07, 6.45) is 3.63. The van der Waals surface area contributed by atoms with Gasteiger partial charge in [0.1, 0.15) is 6.04 Å². The number of quaternary nitrogens is 1. The number of carbonyl (C=O) groups excluding carboxylic acids is 2. The molecule has 0 aromatic carbocycles. The number of thiophene rings is 1. The zero-order valence-corrected chi connectivity index (χ0v) is 13.8. The molecule has 1 aliphatic carbocycles. The van der Waals surface area contributed by atoms with Gasteiger partial charge in [-0.25, -0.2) is 0 Å². The van der Waals surface area contributed by atoms with Crippen molar-refractivity contribution in [2.75, 3.05) is 26.2 Å². The average molecular weight is 322 g/mol. The number of nitrogens with one attached hydrogen (secondary N) is 3. The first kappa shape index (κ1) is 15.5. The third-order valence-corrected chi connectivity index (χ3v) is 5.53. The molecule has 3 N–H and O–H groups in total.